The van der Waals surface area contributed by atoms with Crippen LogP contribution >= 0.6 is 0 Å². The van der Waals surface area contributed by atoms with E-state index < -0.39 is 23.7 Å². The molecule has 1 atom stereocenters. The number of nitrogens with one attached hydrogen (secondary N) is 1. The van der Waals surface area contributed by atoms with Gasteiger partial charge in [0.25, 0.3) is 5.91 Å². The third-order valence-corrected chi connectivity index (χ3v) is 3.78. The molecule has 0 bridgehead atoms. The molecule has 0 aliphatic heterocycles. The standard InChI is InChI=1S/C15H18FNO3/c16-12-8-6-11(7-9-12)14(18)17-13(15(19)20)10-4-2-1-3-5-10/h6-10,13H,1-5H2,(H,17,18)(H,19,20)/t13-/m0/s1. The van der Waals surface area contributed by atoms with Gasteiger partial charge >= 0.3 is 5.97 Å². The molecule has 4 nitrogen and oxygen atoms in total. The molecule has 0 unspecified atom stereocenters. The van der Waals surface area contributed by atoms with E-state index in [0.717, 1.165) is 32.1 Å². The molecule has 108 valence electrons. The Bertz CT molecular complexity index is 480. The van der Waals surface area contributed by atoms with Crippen LogP contribution in [0.1, 0.15) is 42.5 Å². The quantitative estimate of drug-likeness (QED) is 0.890. The van der Waals surface area contributed by atoms with Crippen LogP contribution in [0, 0.1) is 11.7 Å². The first-order valence-electron chi connectivity index (χ1n) is 6.87. The molecule has 1 saturated carbocycles. The number of aliphatic carboxylic acids is 1. The van der Waals surface area contributed by atoms with Gasteiger partial charge in [-0.2, -0.15) is 0 Å². The zero-order chi connectivity index (χ0) is 14.5. The summed E-state index contributed by atoms with van der Waals surface area (Å²) in [7, 11) is 0. The minimum absolute atomic E-state index is 0.0225. The first kappa shape index (κ1) is 14.5. The summed E-state index contributed by atoms with van der Waals surface area (Å²) in [5, 5.41) is 11.9. The number of benzene rings is 1. The summed E-state index contributed by atoms with van der Waals surface area (Å²) in [4.78, 5) is 23.4. The third kappa shape index (κ3) is 3.56. The number of hydrogen-bond donors (Lipinski definition) is 2. The van der Waals surface area contributed by atoms with Crippen LogP contribution in [0.4, 0.5) is 4.39 Å². The van der Waals surface area contributed by atoms with Crippen molar-refractivity contribution in [2.24, 2.45) is 5.92 Å². The highest BCUT2D eigenvalue weighted by molar-refractivity contribution is 5.96. The first-order chi connectivity index (χ1) is 9.58. The SMILES string of the molecule is O=C(N[C@H](C(=O)O)C1CCCCC1)c1ccc(F)cc1. The average molecular weight is 279 g/mol. The number of carboxylic acids is 1. The molecule has 0 heterocycles. The molecule has 2 N–H and O–H groups in total. The van der Waals surface area contributed by atoms with E-state index in [1.165, 1.54) is 24.3 Å². The summed E-state index contributed by atoms with van der Waals surface area (Å²) >= 11 is 0. The molecular weight excluding hydrogens is 261 g/mol. The third-order valence-electron chi connectivity index (χ3n) is 3.78. The molecule has 0 radical (unpaired) electrons. The van der Waals surface area contributed by atoms with Crippen LogP contribution in [0.2, 0.25) is 0 Å². The van der Waals surface area contributed by atoms with Gasteiger partial charge in [0.05, 0.1) is 0 Å². The maximum atomic E-state index is 12.8. The highest BCUT2D eigenvalue weighted by Gasteiger charge is 2.30. The van der Waals surface area contributed by atoms with Gasteiger partial charge in [-0.25, -0.2) is 9.18 Å². The van der Waals surface area contributed by atoms with E-state index in [0.29, 0.717) is 0 Å². The summed E-state index contributed by atoms with van der Waals surface area (Å²) in [6.07, 6.45) is 4.76. The first-order valence-corrected chi connectivity index (χ1v) is 6.87. The van der Waals surface area contributed by atoms with Crippen molar-refractivity contribution < 1.29 is 19.1 Å². The lowest BCUT2D eigenvalue weighted by Gasteiger charge is -2.28. The largest absolute Gasteiger partial charge is 0.480 e. The highest BCUT2D eigenvalue weighted by Crippen LogP contribution is 2.26. The van der Waals surface area contributed by atoms with Crippen molar-refractivity contribution >= 4 is 11.9 Å². The minimum atomic E-state index is -1.01. The molecule has 1 aromatic rings. The van der Waals surface area contributed by atoms with E-state index in [1.54, 1.807) is 0 Å². The van der Waals surface area contributed by atoms with E-state index in [9.17, 15) is 19.1 Å². The van der Waals surface area contributed by atoms with E-state index >= 15 is 0 Å². The van der Waals surface area contributed by atoms with Crippen molar-refractivity contribution in [2.75, 3.05) is 0 Å². The topological polar surface area (TPSA) is 66.4 Å². The van der Waals surface area contributed by atoms with Gasteiger partial charge in [0.15, 0.2) is 0 Å². The van der Waals surface area contributed by atoms with Crippen LogP contribution < -0.4 is 5.32 Å². The van der Waals surface area contributed by atoms with Gasteiger partial charge in [0.2, 0.25) is 0 Å². The Hall–Kier alpha value is -1.91. The van der Waals surface area contributed by atoms with Crippen molar-refractivity contribution in [3.63, 3.8) is 0 Å². The zero-order valence-electron chi connectivity index (χ0n) is 11.1. The molecule has 1 fully saturated rings. The predicted octanol–water partition coefficient (Wildman–Crippen LogP) is 2.59. The van der Waals surface area contributed by atoms with Crippen LogP contribution in [0.3, 0.4) is 0 Å². The van der Waals surface area contributed by atoms with Crippen molar-refractivity contribution in [2.45, 2.75) is 38.1 Å². The van der Waals surface area contributed by atoms with Crippen molar-refractivity contribution in [3.8, 4) is 0 Å². The molecule has 20 heavy (non-hydrogen) atoms. The number of hydrogen-bond acceptors (Lipinski definition) is 2. The predicted molar refractivity (Wildman–Crippen MR) is 71.9 cm³/mol. The number of carbonyl (C=O) groups excluding carboxylic acids is 1. The van der Waals surface area contributed by atoms with E-state index in [4.69, 9.17) is 0 Å². The minimum Gasteiger partial charge on any atom is -0.480 e. The fraction of sp³-hybridized carbons (Fsp3) is 0.467. The highest BCUT2D eigenvalue weighted by atomic mass is 19.1. The van der Waals surface area contributed by atoms with E-state index in [1.807, 2.05) is 0 Å². The molecule has 2 rings (SSSR count). The van der Waals surface area contributed by atoms with Crippen molar-refractivity contribution in [1.29, 1.82) is 0 Å². The molecule has 1 aromatic carbocycles. The van der Waals surface area contributed by atoms with Crippen LogP contribution in [-0.2, 0) is 4.79 Å². The van der Waals surface area contributed by atoms with Gasteiger partial charge in [-0.3, -0.25) is 4.79 Å². The van der Waals surface area contributed by atoms with E-state index in [2.05, 4.69) is 5.32 Å². The Morgan fingerprint density at radius 1 is 1.15 bits per heavy atom. The number of halogens is 1. The fourth-order valence-electron chi connectivity index (χ4n) is 2.67. The summed E-state index contributed by atoms with van der Waals surface area (Å²) in [6, 6.07) is 4.21. The Morgan fingerprint density at radius 2 is 1.75 bits per heavy atom. The number of amides is 1. The molecule has 0 spiro atoms. The smallest absolute Gasteiger partial charge is 0.326 e. The number of carbonyl (C=O) groups is 2. The van der Waals surface area contributed by atoms with Crippen LogP contribution in [0.5, 0.6) is 0 Å². The summed E-state index contributed by atoms with van der Waals surface area (Å²) in [5.41, 5.74) is 0.272. The maximum Gasteiger partial charge on any atom is 0.326 e. The lowest BCUT2D eigenvalue weighted by Crippen LogP contribution is -2.46. The zero-order valence-corrected chi connectivity index (χ0v) is 11.1. The summed E-state index contributed by atoms with van der Waals surface area (Å²) in [5.74, 6) is -1.93. The van der Waals surface area contributed by atoms with Crippen LogP contribution in [0.15, 0.2) is 24.3 Å². The second-order valence-electron chi connectivity index (χ2n) is 5.19. The van der Waals surface area contributed by atoms with Gasteiger partial charge < -0.3 is 10.4 Å². The van der Waals surface area contributed by atoms with Gasteiger partial charge in [-0.15, -0.1) is 0 Å². The average Bonchev–Trinajstić information content (AvgIpc) is 2.46. The molecule has 0 aromatic heterocycles. The van der Waals surface area contributed by atoms with Gasteiger partial charge in [-0.1, -0.05) is 19.3 Å². The van der Waals surface area contributed by atoms with Gasteiger partial charge in [0, 0.05) is 5.56 Å². The second kappa shape index (κ2) is 6.50. The lowest BCUT2D eigenvalue weighted by molar-refractivity contribution is -0.141. The molecule has 1 amide bonds. The van der Waals surface area contributed by atoms with Crippen LogP contribution in [0.25, 0.3) is 0 Å². The molecule has 0 saturated heterocycles. The molecule has 1 aliphatic carbocycles. The molecule has 5 heteroatoms. The van der Waals surface area contributed by atoms with E-state index in [-0.39, 0.29) is 11.5 Å². The monoisotopic (exact) mass is 279 g/mol. The fourth-order valence-corrected chi connectivity index (χ4v) is 2.67. The normalized spacial score (nSPS) is 17.4. The summed E-state index contributed by atoms with van der Waals surface area (Å²) < 4.78 is 12.8. The Morgan fingerprint density at radius 3 is 2.30 bits per heavy atom. The Balaban J connectivity index is 2.05. The molecule has 1 aliphatic rings. The number of rotatable bonds is 4. The Kier molecular flexibility index (Phi) is 4.71. The number of carboxylic acid groups (broad SMARTS) is 1. The maximum absolute atomic E-state index is 12.8. The summed E-state index contributed by atoms with van der Waals surface area (Å²) in [6.45, 7) is 0. The van der Waals surface area contributed by atoms with Crippen molar-refractivity contribution in [1.82, 2.24) is 5.32 Å². The van der Waals surface area contributed by atoms with Crippen LogP contribution in [-0.4, -0.2) is 23.0 Å². The second-order valence-corrected chi connectivity index (χ2v) is 5.19. The van der Waals surface area contributed by atoms with Gasteiger partial charge in [-0.05, 0) is 43.0 Å². The molecular formula is C15H18FNO3. The van der Waals surface area contributed by atoms with Crippen molar-refractivity contribution in [3.05, 3.63) is 35.6 Å². The Labute approximate surface area is 117 Å². The van der Waals surface area contributed by atoms with Gasteiger partial charge in [0.1, 0.15) is 11.9 Å². The lowest BCUT2D eigenvalue weighted by atomic mass is 9.84.